The summed E-state index contributed by atoms with van der Waals surface area (Å²) < 4.78 is 2.02. The number of fused-ring (bicyclic) bond motifs is 1. The van der Waals surface area contributed by atoms with Crippen LogP contribution in [0.2, 0.25) is 0 Å². The van der Waals surface area contributed by atoms with E-state index in [0.717, 1.165) is 25.7 Å². The van der Waals surface area contributed by atoms with Gasteiger partial charge in [0.05, 0.1) is 0 Å². The van der Waals surface area contributed by atoms with E-state index in [1.807, 2.05) is 35.7 Å². The number of halogens is 1. The molecule has 0 spiro atoms. The lowest BCUT2D eigenvalue weighted by Crippen LogP contribution is -2.04. The number of rotatable bonds is 2. The van der Waals surface area contributed by atoms with Gasteiger partial charge in [0, 0.05) is 26.0 Å². The molecule has 1 atom stereocenters. The zero-order valence-electron chi connectivity index (χ0n) is 10.0. The Morgan fingerprint density at radius 2 is 1.95 bits per heavy atom. The molecule has 0 radical (unpaired) electrons. The van der Waals surface area contributed by atoms with Crippen molar-refractivity contribution in [2.24, 2.45) is 0 Å². The Hall–Kier alpha value is -1.36. The van der Waals surface area contributed by atoms with Gasteiger partial charge in [-0.3, -0.25) is 0 Å². The van der Waals surface area contributed by atoms with Crippen LogP contribution in [-0.4, -0.2) is 5.11 Å². The van der Waals surface area contributed by atoms with Gasteiger partial charge < -0.3 is 10.8 Å². The molecule has 4 heteroatoms. The molecule has 0 aliphatic heterocycles. The minimum Gasteiger partial charge on any atom is -0.398 e. The van der Waals surface area contributed by atoms with Crippen LogP contribution >= 0.6 is 27.3 Å². The number of nitrogens with two attached hydrogens (primary N) is 1. The fraction of sp³-hybridized carbons (Fsp3) is 0.0667. The summed E-state index contributed by atoms with van der Waals surface area (Å²) in [6, 6.07) is 13.6. The molecule has 0 bridgehead atoms. The number of aliphatic hydroxyl groups excluding tert-OH is 1. The molecule has 0 amide bonds. The molecule has 0 aliphatic rings. The Labute approximate surface area is 123 Å². The molecular weight excluding hydrogens is 322 g/mol. The number of anilines is 1. The molecule has 3 rings (SSSR count). The Kier molecular flexibility index (Phi) is 3.31. The molecule has 0 aliphatic carbocycles. The first-order chi connectivity index (χ1) is 9.16. The van der Waals surface area contributed by atoms with E-state index in [1.165, 1.54) is 0 Å². The summed E-state index contributed by atoms with van der Waals surface area (Å²) in [5, 5.41) is 13.8. The van der Waals surface area contributed by atoms with Crippen LogP contribution in [0.5, 0.6) is 0 Å². The van der Waals surface area contributed by atoms with Gasteiger partial charge in [-0.25, -0.2) is 0 Å². The third kappa shape index (κ3) is 2.27. The zero-order chi connectivity index (χ0) is 13.4. The highest BCUT2D eigenvalue weighted by Gasteiger charge is 2.16. The average molecular weight is 334 g/mol. The normalized spacial score (nSPS) is 12.7. The molecule has 0 fully saturated rings. The van der Waals surface area contributed by atoms with Crippen LogP contribution in [0.4, 0.5) is 5.69 Å². The second kappa shape index (κ2) is 4.96. The highest BCUT2D eigenvalue weighted by molar-refractivity contribution is 9.10. The Morgan fingerprint density at radius 3 is 2.79 bits per heavy atom. The maximum atomic E-state index is 10.6. The summed E-state index contributed by atoms with van der Waals surface area (Å²) in [7, 11) is 0. The van der Waals surface area contributed by atoms with E-state index in [2.05, 4.69) is 22.0 Å². The standard InChI is InChI=1S/C15H12BrNOS/c16-10-4-5-13(17)12(8-10)14(18)11-3-1-2-9-6-7-19-15(9)11/h1-8,14,18H,17H2. The molecule has 0 saturated heterocycles. The minimum absolute atomic E-state index is 0.601. The first kappa shape index (κ1) is 12.7. The minimum atomic E-state index is -0.708. The maximum Gasteiger partial charge on any atom is 0.107 e. The van der Waals surface area contributed by atoms with E-state index in [9.17, 15) is 5.11 Å². The molecule has 1 aromatic heterocycles. The van der Waals surface area contributed by atoms with E-state index in [-0.39, 0.29) is 0 Å². The Balaban J connectivity index is 2.15. The van der Waals surface area contributed by atoms with Crippen molar-refractivity contribution in [1.29, 1.82) is 0 Å². The number of thiophene rings is 1. The summed E-state index contributed by atoms with van der Waals surface area (Å²) in [6.07, 6.45) is -0.708. The molecular formula is C15H12BrNOS. The van der Waals surface area contributed by atoms with Gasteiger partial charge in [-0.05, 0) is 35.0 Å². The van der Waals surface area contributed by atoms with Crippen molar-refractivity contribution in [3.8, 4) is 0 Å². The van der Waals surface area contributed by atoms with Crippen molar-refractivity contribution >= 4 is 43.0 Å². The summed E-state index contributed by atoms with van der Waals surface area (Å²) in [6.45, 7) is 0. The second-order valence-corrected chi connectivity index (χ2v) is 6.19. The summed E-state index contributed by atoms with van der Waals surface area (Å²) >= 11 is 5.05. The van der Waals surface area contributed by atoms with E-state index < -0.39 is 6.10 Å². The summed E-state index contributed by atoms with van der Waals surface area (Å²) in [5.41, 5.74) is 8.20. The predicted octanol–water partition coefficient (Wildman–Crippen LogP) is 4.33. The van der Waals surface area contributed by atoms with Gasteiger partial charge in [0.2, 0.25) is 0 Å². The van der Waals surface area contributed by atoms with Gasteiger partial charge in [-0.15, -0.1) is 11.3 Å². The van der Waals surface area contributed by atoms with Gasteiger partial charge in [0.1, 0.15) is 6.10 Å². The predicted molar refractivity (Wildman–Crippen MR) is 84.4 cm³/mol. The third-order valence-electron chi connectivity index (χ3n) is 3.15. The van der Waals surface area contributed by atoms with Crippen LogP contribution < -0.4 is 5.73 Å². The molecule has 1 unspecified atom stereocenters. The van der Waals surface area contributed by atoms with Crippen LogP contribution in [-0.2, 0) is 0 Å². The molecule has 19 heavy (non-hydrogen) atoms. The lowest BCUT2D eigenvalue weighted by Gasteiger charge is -2.15. The number of aliphatic hydroxyl groups is 1. The highest BCUT2D eigenvalue weighted by Crippen LogP contribution is 2.35. The van der Waals surface area contributed by atoms with Gasteiger partial charge >= 0.3 is 0 Å². The van der Waals surface area contributed by atoms with Crippen LogP contribution in [0.3, 0.4) is 0 Å². The lowest BCUT2D eigenvalue weighted by molar-refractivity contribution is 0.223. The number of hydrogen-bond donors (Lipinski definition) is 2. The molecule has 96 valence electrons. The van der Waals surface area contributed by atoms with E-state index in [4.69, 9.17) is 5.73 Å². The molecule has 0 saturated carbocycles. The van der Waals surface area contributed by atoms with Crippen LogP contribution in [0, 0.1) is 0 Å². The molecule has 2 nitrogen and oxygen atoms in total. The van der Waals surface area contributed by atoms with Gasteiger partial charge in [-0.1, -0.05) is 34.1 Å². The van der Waals surface area contributed by atoms with Crippen molar-refractivity contribution in [2.75, 3.05) is 5.73 Å². The van der Waals surface area contributed by atoms with Crippen molar-refractivity contribution < 1.29 is 5.11 Å². The Bertz CT molecular complexity index is 738. The molecule has 1 heterocycles. The fourth-order valence-corrected chi connectivity index (χ4v) is 3.50. The number of benzene rings is 2. The van der Waals surface area contributed by atoms with Crippen molar-refractivity contribution in [3.63, 3.8) is 0 Å². The molecule has 3 aromatic rings. The van der Waals surface area contributed by atoms with E-state index >= 15 is 0 Å². The number of hydrogen-bond acceptors (Lipinski definition) is 3. The zero-order valence-corrected chi connectivity index (χ0v) is 12.4. The van der Waals surface area contributed by atoms with Gasteiger partial charge in [0.15, 0.2) is 0 Å². The topological polar surface area (TPSA) is 46.2 Å². The summed E-state index contributed by atoms with van der Waals surface area (Å²) in [5.74, 6) is 0. The fourth-order valence-electron chi connectivity index (χ4n) is 2.18. The largest absolute Gasteiger partial charge is 0.398 e. The monoisotopic (exact) mass is 333 g/mol. The van der Waals surface area contributed by atoms with Crippen molar-refractivity contribution in [3.05, 3.63) is 63.4 Å². The second-order valence-electron chi connectivity index (χ2n) is 4.36. The van der Waals surface area contributed by atoms with Crippen molar-refractivity contribution in [2.45, 2.75) is 6.10 Å². The molecule has 3 N–H and O–H groups in total. The van der Waals surface area contributed by atoms with Crippen LogP contribution in [0.15, 0.2) is 52.3 Å². The highest BCUT2D eigenvalue weighted by atomic mass is 79.9. The van der Waals surface area contributed by atoms with E-state index in [0.29, 0.717) is 5.69 Å². The molecule has 2 aromatic carbocycles. The van der Waals surface area contributed by atoms with E-state index in [1.54, 1.807) is 17.4 Å². The van der Waals surface area contributed by atoms with Crippen LogP contribution in [0.1, 0.15) is 17.2 Å². The lowest BCUT2D eigenvalue weighted by atomic mass is 9.99. The quantitative estimate of drug-likeness (QED) is 0.685. The average Bonchev–Trinajstić information content (AvgIpc) is 2.89. The van der Waals surface area contributed by atoms with Crippen molar-refractivity contribution in [1.82, 2.24) is 0 Å². The first-order valence-electron chi connectivity index (χ1n) is 5.86. The SMILES string of the molecule is Nc1ccc(Br)cc1C(O)c1cccc2ccsc12. The first-order valence-corrected chi connectivity index (χ1v) is 7.53. The number of nitrogen functional groups attached to an aromatic ring is 1. The third-order valence-corrected chi connectivity index (χ3v) is 4.62. The maximum absolute atomic E-state index is 10.6. The van der Waals surface area contributed by atoms with Gasteiger partial charge in [0.25, 0.3) is 0 Å². The van der Waals surface area contributed by atoms with Crippen LogP contribution in [0.25, 0.3) is 10.1 Å². The smallest absolute Gasteiger partial charge is 0.107 e. The summed E-state index contributed by atoms with van der Waals surface area (Å²) in [4.78, 5) is 0. The van der Waals surface area contributed by atoms with Gasteiger partial charge in [-0.2, -0.15) is 0 Å². The Morgan fingerprint density at radius 1 is 1.11 bits per heavy atom.